The van der Waals surface area contributed by atoms with Crippen LogP contribution in [0.1, 0.15) is 23.3 Å². The van der Waals surface area contributed by atoms with E-state index in [1.807, 2.05) is 24.3 Å². The van der Waals surface area contributed by atoms with Crippen LogP contribution in [0.2, 0.25) is 5.02 Å². The Hall–Kier alpha value is -0.830. The molecule has 1 atom stereocenters. The van der Waals surface area contributed by atoms with Gasteiger partial charge in [0.15, 0.2) is 0 Å². The second-order valence-electron chi connectivity index (χ2n) is 4.46. The zero-order chi connectivity index (χ0) is 12.8. The molecule has 96 valence electrons. The van der Waals surface area contributed by atoms with E-state index in [0.717, 1.165) is 29.8 Å². The summed E-state index contributed by atoms with van der Waals surface area (Å²) in [6.07, 6.45) is 3.34. The van der Waals surface area contributed by atoms with Crippen LogP contribution in [0.25, 0.3) is 0 Å². The highest BCUT2D eigenvalue weighted by Gasteiger charge is 2.06. The van der Waals surface area contributed by atoms with E-state index in [9.17, 15) is 5.11 Å². The van der Waals surface area contributed by atoms with Crippen LogP contribution in [0.3, 0.4) is 0 Å². The monoisotopic (exact) mass is 280 g/mol. The van der Waals surface area contributed by atoms with Gasteiger partial charge >= 0.3 is 0 Å². The van der Waals surface area contributed by atoms with Gasteiger partial charge in [0.2, 0.25) is 0 Å². The molecule has 1 nitrogen and oxygen atoms in total. The molecule has 2 aromatic rings. The third-order valence-corrected chi connectivity index (χ3v) is 4.07. The van der Waals surface area contributed by atoms with Gasteiger partial charge in [-0.15, -0.1) is 11.3 Å². The highest BCUT2D eigenvalue weighted by atomic mass is 35.5. The van der Waals surface area contributed by atoms with E-state index in [4.69, 9.17) is 11.6 Å². The van der Waals surface area contributed by atoms with Crippen molar-refractivity contribution in [1.82, 2.24) is 0 Å². The van der Waals surface area contributed by atoms with E-state index in [2.05, 4.69) is 17.5 Å². The Bertz CT molecular complexity index is 467. The van der Waals surface area contributed by atoms with Crippen molar-refractivity contribution < 1.29 is 5.11 Å². The highest BCUT2D eigenvalue weighted by Crippen LogP contribution is 2.16. The Labute approximate surface area is 117 Å². The molecule has 1 heterocycles. The van der Waals surface area contributed by atoms with E-state index < -0.39 is 0 Å². The maximum Gasteiger partial charge on any atom is 0.0580 e. The zero-order valence-corrected chi connectivity index (χ0v) is 11.8. The van der Waals surface area contributed by atoms with Crippen molar-refractivity contribution >= 4 is 22.9 Å². The topological polar surface area (TPSA) is 20.2 Å². The van der Waals surface area contributed by atoms with E-state index in [1.165, 1.54) is 4.88 Å². The standard InChI is InChI=1S/C15H17ClOS/c16-13-5-1-4-12(10-13)11-14(17)6-2-7-15-8-3-9-18-15/h1,3-5,8-10,14,17H,2,6-7,11H2. The zero-order valence-electron chi connectivity index (χ0n) is 10.2. The van der Waals surface area contributed by atoms with Crippen LogP contribution in [0.4, 0.5) is 0 Å². The molecule has 0 saturated carbocycles. The number of hydrogen-bond donors (Lipinski definition) is 1. The molecule has 0 amide bonds. The number of aryl methyl sites for hydroxylation is 1. The van der Waals surface area contributed by atoms with Gasteiger partial charge in [0.05, 0.1) is 6.10 Å². The van der Waals surface area contributed by atoms with Gasteiger partial charge in [-0.3, -0.25) is 0 Å². The molecule has 0 spiro atoms. The predicted molar refractivity (Wildman–Crippen MR) is 78.4 cm³/mol. The van der Waals surface area contributed by atoms with Gasteiger partial charge < -0.3 is 5.11 Å². The molecule has 0 aliphatic rings. The average Bonchev–Trinajstić information content (AvgIpc) is 2.82. The summed E-state index contributed by atoms with van der Waals surface area (Å²) in [5, 5.41) is 12.8. The number of aliphatic hydroxyl groups is 1. The molecule has 1 N–H and O–H groups in total. The SMILES string of the molecule is OC(CCCc1cccs1)Cc1cccc(Cl)c1. The minimum Gasteiger partial charge on any atom is -0.393 e. The number of halogens is 1. The lowest BCUT2D eigenvalue weighted by molar-refractivity contribution is 0.162. The van der Waals surface area contributed by atoms with E-state index in [1.54, 1.807) is 11.3 Å². The van der Waals surface area contributed by atoms with Crippen molar-refractivity contribution in [2.75, 3.05) is 0 Å². The Morgan fingerprint density at radius 1 is 1.22 bits per heavy atom. The summed E-state index contributed by atoms with van der Waals surface area (Å²) >= 11 is 7.70. The van der Waals surface area contributed by atoms with Crippen LogP contribution >= 0.6 is 22.9 Å². The predicted octanol–water partition coefficient (Wildman–Crippen LogP) is 4.33. The van der Waals surface area contributed by atoms with Gasteiger partial charge in [-0.05, 0) is 54.8 Å². The summed E-state index contributed by atoms with van der Waals surface area (Å²) < 4.78 is 0. The fraction of sp³-hybridized carbons (Fsp3) is 0.333. The van der Waals surface area contributed by atoms with Crippen molar-refractivity contribution in [3.63, 3.8) is 0 Å². The van der Waals surface area contributed by atoms with Gasteiger partial charge in [-0.2, -0.15) is 0 Å². The lowest BCUT2D eigenvalue weighted by Crippen LogP contribution is -2.10. The highest BCUT2D eigenvalue weighted by molar-refractivity contribution is 7.09. The first kappa shape index (κ1) is 13.6. The molecule has 1 aromatic carbocycles. The van der Waals surface area contributed by atoms with Gasteiger partial charge in [0.1, 0.15) is 0 Å². The van der Waals surface area contributed by atoms with Crippen molar-refractivity contribution in [2.45, 2.75) is 31.8 Å². The number of aliphatic hydroxyl groups excluding tert-OH is 1. The number of thiophene rings is 1. The van der Waals surface area contributed by atoms with Crippen LogP contribution in [0.5, 0.6) is 0 Å². The number of rotatable bonds is 6. The van der Waals surface area contributed by atoms with E-state index in [0.29, 0.717) is 6.42 Å². The van der Waals surface area contributed by atoms with E-state index >= 15 is 0 Å². The Morgan fingerprint density at radius 3 is 2.83 bits per heavy atom. The van der Waals surface area contributed by atoms with Crippen LogP contribution in [-0.2, 0) is 12.8 Å². The lowest BCUT2D eigenvalue weighted by Gasteiger charge is -2.10. The summed E-state index contributed by atoms with van der Waals surface area (Å²) in [6.45, 7) is 0. The molecule has 0 aliphatic heterocycles. The molecule has 0 aliphatic carbocycles. The largest absolute Gasteiger partial charge is 0.393 e. The van der Waals surface area contributed by atoms with Gasteiger partial charge in [-0.1, -0.05) is 29.8 Å². The van der Waals surface area contributed by atoms with Crippen molar-refractivity contribution in [1.29, 1.82) is 0 Å². The molecule has 2 rings (SSSR count). The second kappa shape index (κ2) is 6.93. The Morgan fingerprint density at radius 2 is 2.11 bits per heavy atom. The molecule has 18 heavy (non-hydrogen) atoms. The molecule has 1 aromatic heterocycles. The number of benzene rings is 1. The van der Waals surface area contributed by atoms with Gasteiger partial charge in [0, 0.05) is 9.90 Å². The molecule has 0 radical (unpaired) electrons. The third-order valence-electron chi connectivity index (χ3n) is 2.90. The van der Waals surface area contributed by atoms with Gasteiger partial charge in [-0.25, -0.2) is 0 Å². The normalized spacial score (nSPS) is 12.6. The maximum atomic E-state index is 9.98. The quantitative estimate of drug-likeness (QED) is 0.835. The first-order chi connectivity index (χ1) is 8.74. The van der Waals surface area contributed by atoms with Crippen LogP contribution in [-0.4, -0.2) is 11.2 Å². The molecule has 0 bridgehead atoms. The molecular formula is C15H17ClOS. The van der Waals surface area contributed by atoms with Crippen molar-refractivity contribution in [3.8, 4) is 0 Å². The first-order valence-electron chi connectivity index (χ1n) is 6.19. The summed E-state index contributed by atoms with van der Waals surface area (Å²) in [5.74, 6) is 0. The molecule has 0 saturated heterocycles. The minimum atomic E-state index is -0.275. The smallest absolute Gasteiger partial charge is 0.0580 e. The van der Waals surface area contributed by atoms with Crippen molar-refractivity contribution in [2.24, 2.45) is 0 Å². The molecule has 1 unspecified atom stereocenters. The third kappa shape index (κ3) is 4.45. The average molecular weight is 281 g/mol. The Kier molecular flexibility index (Phi) is 5.24. The first-order valence-corrected chi connectivity index (χ1v) is 7.44. The van der Waals surface area contributed by atoms with Crippen LogP contribution < -0.4 is 0 Å². The molecule has 3 heteroatoms. The summed E-state index contributed by atoms with van der Waals surface area (Å²) in [6, 6.07) is 11.9. The lowest BCUT2D eigenvalue weighted by atomic mass is 10.0. The number of hydrogen-bond acceptors (Lipinski definition) is 2. The summed E-state index contributed by atoms with van der Waals surface area (Å²) in [7, 11) is 0. The van der Waals surface area contributed by atoms with E-state index in [-0.39, 0.29) is 6.10 Å². The summed E-state index contributed by atoms with van der Waals surface area (Å²) in [4.78, 5) is 1.39. The van der Waals surface area contributed by atoms with Crippen LogP contribution in [0, 0.1) is 0 Å². The fourth-order valence-electron chi connectivity index (χ4n) is 2.00. The Balaban J connectivity index is 1.73. The van der Waals surface area contributed by atoms with Gasteiger partial charge in [0.25, 0.3) is 0 Å². The fourth-order valence-corrected chi connectivity index (χ4v) is 2.97. The molecule has 0 fully saturated rings. The maximum absolute atomic E-state index is 9.98. The van der Waals surface area contributed by atoms with Crippen LogP contribution in [0.15, 0.2) is 41.8 Å². The minimum absolute atomic E-state index is 0.275. The van der Waals surface area contributed by atoms with Crippen molar-refractivity contribution in [3.05, 3.63) is 57.2 Å². The molecular weight excluding hydrogens is 264 g/mol. The second-order valence-corrected chi connectivity index (χ2v) is 5.93. The summed E-state index contributed by atoms with van der Waals surface area (Å²) in [5.41, 5.74) is 1.10.